The lowest BCUT2D eigenvalue weighted by Gasteiger charge is -2.05. The highest BCUT2D eigenvalue weighted by atomic mass is 32.2. The predicted octanol–water partition coefficient (Wildman–Crippen LogP) is 2.72. The van der Waals surface area contributed by atoms with E-state index in [9.17, 15) is 13.2 Å². The van der Waals surface area contributed by atoms with Crippen LogP contribution in [0, 0.1) is 6.92 Å². The summed E-state index contributed by atoms with van der Waals surface area (Å²) in [6, 6.07) is 7.74. The first-order valence-corrected chi connectivity index (χ1v) is 11.2. The number of carbonyl (C=O) groups excluding carboxylic acids is 1. The van der Waals surface area contributed by atoms with Gasteiger partial charge in [-0.15, -0.1) is 0 Å². The van der Waals surface area contributed by atoms with Crippen LogP contribution in [-0.2, 0) is 21.9 Å². The molecule has 0 saturated carbocycles. The van der Waals surface area contributed by atoms with Gasteiger partial charge < -0.3 is 0 Å². The van der Waals surface area contributed by atoms with E-state index in [2.05, 4.69) is 14.9 Å². The Morgan fingerprint density at radius 3 is 2.69 bits per heavy atom. The normalized spacial score (nSPS) is 12.1. The second kappa shape index (κ2) is 8.60. The maximum Gasteiger partial charge on any atom is 0.257 e. The van der Waals surface area contributed by atoms with Gasteiger partial charge in [0.05, 0.1) is 17.0 Å². The van der Waals surface area contributed by atoms with Crippen molar-refractivity contribution in [3.05, 3.63) is 47.8 Å². The lowest BCUT2D eigenvalue weighted by Crippen LogP contribution is -2.31. The summed E-state index contributed by atoms with van der Waals surface area (Å²) in [5.74, 6) is -0.0489. The van der Waals surface area contributed by atoms with E-state index in [0.717, 1.165) is 23.7 Å². The third-order valence-electron chi connectivity index (χ3n) is 4.54. The molecule has 0 aliphatic carbocycles. The molecule has 29 heavy (non-hydrogen) atoms. The van der Waals surface area contributed by atoms with Crippen LogP contribution in [0.15, 0.2) is 36.5 Å². The average Bonchev–Trinajstić information content (AvgIpc) is 3.19. The standard InChI is InChI=1S/C20H25N5O3S/c1-4-5-8-13-29(27,28)23-19(26)12-11-17-15(2)21-24(3)20(17)25-14-16-9-6-7-10-18(16)22-25/h6-7,9-12,14H,4-5,8,13H2,1-3H3,(H,23,26)/b12-11+. The molecule has 0 saturated heterocycles. The molecule has 2 aromatic heterocycles. The number of nitrogens with zero attached hydrogens (tertiary/aromatic N) is 4. The maximum absolute atomic E-state index is 12.1. The van der Waals surface area contributed by atoms with E-state index in [1.807, 2.05) is 44.3 Å². The minimum Gasteiger partial charge on any atom is -0.269 e. The zero-order valence-electron chi connectivity index (χ0n) is 16.8. The number of amides is 1. The van der Waals surface area contributed by atoms with E-state index in [0.29, 0.717) is 23.5 Å². The predicted molar refractivity (Wildman–Crippen MR) is 113 cm³/mol. The van der Waals surface area contributed by atoms with Gasteiger partial charge in [0.15, 0.2) is 5.82 Å². The molecule has 0 radical (unpaired) electrons. The van der Waals surface area contributed by atoms with Crippen LogP contribution in [0.5, 0.6) is 0 Å². The molecule has 0 fully saturated rings. The molecule has 0 bridgehead atoms. The number of benzene rings is 1. The van der Waals surface area contributed by atoms with E-state index < -0.39 is 15.9 Å². The summed E-state index contributed by atoms with van der Waals surface area (Å²) in [6.07, 6.45) is 6.92. The van der Waals surface area contributed by atoms with Crippen LogP contribution in [0.4, 0.5) is 0 Å². The fraction of sp³-hybridized carbons (Fsp3) is 0.350. The second-order valence-electron chi connectivity index (χ2n) is 6.90. The lowest BCUT2D eigenvalue weighted by molar-refractivity contribution is -0.114. The molecule has 3 aromatic rings. The van der Waals surface area contributed by atoms with Gasteiger partial charge in [-0.2, -0.15) is 10.2 Å². The molecule has 1 amide bonds. The monoisotopic (exact) mass is 415 g/mol. The van der Waals surface area contributed by atoms with Gasteiger partial charge in [-0.05, 0) is 25.5 Å². The van der Waals surface area contributed by atoms with Crippen molar-refractivity contribution in [2.24, 2.45) is 7.05 Å². The first-order chi connectivity index (χ1) is 13.8. The summed E-state index contributed by atoms with van der Waals surface area (Å²) in [6.45, 7) is 3.82. The van der Waals surface area contributed by atoms with Crippen LogP contribution in [0.2, 0.25) is 0 Å². The van der Waals surface area contributed by atoms with Crippen molar-refractivity contribution < 1.29 is 13.2 Å². The average molecular weight is 416 g/mol. The molecule has 8 nitrogen and oxygen atoms in total. The molecule has 2 heterocycles. The van der Waals surface area contributed by atoms with Gasteiger partial charge in [0.1, 0.15) is 0 Å². The van der Waals surface area contributed by atoms with Gasteiger partial charge in [-0.1, -0.05) is 38.0 Å². The Balaban J connectivity index is 1.83. The number of hydrogen-bond acceptors (Lipinski definition) is 5. The Morgan fingerprint density at radius 1 is 1.21 bits per heavy atom. The Labute approximate surface area is 170 Å². The Hall–Kier alpha value is -2.94. The van der Waals surface area contributed by atoms with Crippen molar-refractivity contribution in [1.82, 2.24) is 24.3 Å². The van der Waals surface area contributed by atoms with Crippen LogP contribution in [-0.4, -0.2) is 39.6 Å². The molecule has 3 rings (SSSR count). The SMILES string of the molecule is CCCCCS(=O)(=O)NC(=O)/C=C/c1c(C)nn(C)c1-n1cc2ccccc2n1. The molecule has 1 aromatic carbocycles. The van der Waals surface area contributed by atoms with Gasteiger partial charge in [0, 0.05) is 30.3 Å². The van der Waals surface area contributed by atoms with Crippen LogP contribution in [0.1, 0.15) is 37.4 Å². The molecular formula is C20H25N5O3S. The first kappa shape index (κ1) is 20.8. The van der Waals surface area contributed by atoms with Crippen molar-refractivity contribution in [1.29, 1.82) is 0 Å². The van der Waals surface area contributed by atoms with Gasteiger partial charge in [-0.25, -0.2) is 17.8 Å². The summed E-state index contributed by atoms with van der Waals surface area (Å²) in [5.41, 5.74) is 2.24. The first-order valence-electron chi connectivity index (χ1n) is 9.51. The minimum atomic E-state index is -3.63. The van der Waals surface area contributed by atoms with E-state index in [1.165, 1.54) is 6.08 Å². The highest BCUT2D eigenvalue weighted by molar-refractivity contribution is 7.90. The highest BCUT2D eigenvalue weighted by Crippen LogP contribution is 2.21. The zero-order chi connectivity index (χ0) is 21.0. The molecule has 154 valence electrons. The van der Waals surface area contributed by atoms with Gasteiger partial charge in [-0.3, -0.25) is 9.48 Å². The van der Waals surface area contributed by atoms with Crippen LogP contribution >= 0.6 is 0 Å². The van der Waals surface area contributed by atoms with Gasteiger partial charge >= 0.3 is 0 Å². The third-order valence-corrected chi connectivity index (χ3v) is 5.88. The highest BCUT2D eigenvalue weighted by Gasteiger charge is 2.16. The number of rotatable bonds is 8. The van der Waals surface area contributed by atoms with Crippen LogP contribution in [0.25, 0.3) is 22.8 Å². The Kier molecular flexibility index (Phi) is 6.17. The summed E-state index contributed by atoms with van der Waals surface area (Å²) in [7, 11) is -1.84. The maximum atomic E-state index is 12.1. The largest absolute Gasteiger partial charge is 0.269 e. The van der Waals surface area contributed by atoms with Gasteiger partial charge in [0.25, 0.3) is 5.91 Å². The molecule has 0 unspecified atom stereocenters. The minimum absolute atomic E-state index is 0.0581. The van der Waals surface area contributed by atoms with Crippen molar-refractivity contribution in [3.63, 3.8) is 0 Å². The summed E-state index contributed by atoms with van der Waals surface area (Å²) < 4.78 is 29.5. The van der Waals surface area contributed by atoms with Crippen molar-refractivity contribution >= 4 is 32.9 Å². The zero-order valence-corrected chi connectivity index (χ0v) is 17.6. The number of aryl methyl sites for hydroxylation is 2. The topological polar surface area (TPSA) is 98.9 Å². The number of unbranched alkanes of at least 4 members (excludes halogenated alkanes) is 2. The number of fused-ring (bicyclic) bond motifs is 1. The van der Waals surface area contributed by atoms with Gasteiger partial charge in [0.2, 0.25) is 10.0 Å². The molecule has 0 aliphatic rings. The van der Waals surface area contributed by atoms with E-state index >= 15 is 0 Å². The molecular weight excluding hydrogens is 390 g/mol. The fourth-order valence-electron chi connectivity index (χ4n) is 3.14. The van der Waals surface area contributed by atoms with E-state index in [4.69, 9.17) is 0 Å². The molecule has 9 heteroatoms. The smallest absolute Gasteiger partial charge is 0.257 e. The quantitative estimate of drug-likeness (QED) is 0.450. The van der Waals surface area contributed by atoms with Crippen LogP contribution in [0.3, 0.4) is 0 Å². The number of hydrogen-bond donors (Lipinski definition) is 1. The van der Waals surface area contributed by atoms with Crippen molar-refractivity contribution in [2.75, 3.05) is 5.75 Å². The molecule has 0 aliphatic heterocycles. The number of carbonyl (C=O) groups is 1. The fourth-order valence-corrected chi connectivity index (χ4v) is 4.20. The Morgan fingerprint density at radius 2 is 1.97 bits per heavy atom. The molecule has 0 spiro atoms. The summed E-state index contributed by atoms with van der Waals surface area (Å²) >= 11 is 0. The number of nitrogens with one attached hydrogen (secondary N) is 1. The summed E-state index contributed by atoms with van der Waals surface area (Å²) in [5, 5.41) is 9.97. The third kappa shape index (κ3) is 4.92. The van der Waals surface area contributed by atoms with E-state index in [-0.39, 0.29) is 5.75 Å². The molecule has 1 N–H and O–H groups in total. The number of aromatic nitrogens is 4. The summed E-state index contributed by atoms with van der Waals surface area (Å²) in [4.78, 5) is 12.1. The lowest BCUT2D eigenvalue weighted by atomic mass is 10.2. The Bertz CT molecular complexity index is 1130. The van der Waals surface area contributed by atoms with Crippen molar-refractivity contribution in [3.8, 4) is 5.82 Å². The van der Waals surface area contributed by atoms with Crippen molar-refractivity contribution in [2.45, 2.75) is 33.1 Å². The van der Waals surface area contributed by atoms with E-state index in [1.54, 1.807) is 22.5 Å². The van der Waals surface area contributed by atoms with Crippen LogP contribution < -0.4 is 4.72 Å². The second-order valence-corrected chi connectivity index (χ2v) is 8.75. The molecule has 0 atom stereocenters. The number of sulfonamides is 1.